The highest BCUT2D eigenvalue weighted by molar-refractivity contribution is 6.02. The smallest absolute Gasteiger partial charge is 0.343 e. The molecular weight excluding hydrogens is 1050 g/mol. The number of urea groups is 2. The van der Waals surface area contributed by atoms with Crippen LogP contribution in [0.4, 0.5) is 53.5 Å². The second-order valence-corrected chi connectivity index (χ2v) is 20.6. The number of nitrogens with zero attached hydrogens (tertiary/aromatic N) is 10. The van der Waals surface area contributed by atoms with Crippen LogP contribution in [0.2, 0.25) is 0 Å². The van der Waals surface area contributed by atoms with E-state index in [1.807, 2.05) is 0 Å². The summed E-state index contributed by atoms with van der Waals surface area (Å²) in [6, 6.07) is 6.27. The number of alkyl halides is 6. The lowest BCUT2D eigenvalue weighted by Crippen LogP contribution is -2.47. The molecule has 78 heavy (non-hydrogen) atoms. The minimum absolute atomic E-state index is 0.0114. The van der Waals surface area contributed by atoms with Crippen LogP contribution in [0.25, 0.3) is 0 Å². The van der Waals surface area contributed by atoms with E-state index in [2.05, 4.69) is 31.0 Å². The van der Waals surface area contributed by atoms with E-state index in [0.717, 1.165) is 12.1 Å². The fourth-order valence-corrected chi connectivity index (χ4v) is 11.6. The molecule has 0 aliphatic carbocycles. The average molecular weight is 1110 g/mol. The molecule has 28 heteroatoms. The van der Waals surface area contributed by atoms with Crippen LogP contribution in [0.1, 0.15) is 122 Å². The molecule has 420 valence electrons. The topological polar surface area (TPSA) is 201 Å². The molecule has 6 aliphatic rings. The number of halogens is 10. The zero-order valence-electron chi connectivity index (χ0n) is 41.8. The van der Waals surface area contributed by atoms with Crippen LogP contribution >= 0.6 is 0 Å². The summed E-state index contributed by atoms with van der Waals surface area (Å²) in [4.78, 5) is 79.6. The Balaban J connectivity index is 0.000000190. The number of imide groups is 2. The van der Waals surface area contributed by atoms with E-state index >= 15 is 0 Å². The Kier molecular flexibility index (Phi) is 16.2. The third-order valence-electron chi connectivity index (χ3n) is 15.5. The first-order chi connectivity index (χ1) is 37.0. The molecule has 4 fully saturated rings. The van der Waals surface area contributed by atoms with E-state index in [4.69, 9.17) is 0 Å². The van der Waals surface area contributed by atoms with Crippen molar-refractivity contribution in [2.24, 2.45) is 0 Å². The van der Waals surface area contributed by atoms with Crippen molar-refractivity contribution in [1.82, 2.24) is 59.8 Å². The maximum absolute atomic E-state index is 14.6. The van der Waals surface area contributed by atoms with E-state index in [1.54, 1.807) is 9.80 Å². The molecule has 4 aromatic rings. The molecule has 10 rings (SSSR count). The third kappa shape index (κ3) is 12.6. The highest BCUT2D eigenvalue weighted by Crippen LogP contribution is 2.40. The maximum Gasteiger partial charge on any atom is 0.396 e. The molecule has 0 bridgehead atoms. The van der Waals surface area contributed by atoms with Gasteiger partial charge >= 0.3 is 24.4 Å². The first-order valence-electron chi connectivity index (χ1n) is 25.6. The molecule has 2 aromatic carbocycles. The Bertz CT molecular complexity index is 2740. The summed E-state index contributed by atoms with van der Waals surface area (Å²) >= 11 is 0. The molecule has 4 atom stereocenters. The van der Waals surface area contributed by atoms with Crippen LogP contribution in [-0.4, -0.2) is 149 Å². The van der Waals surface area contributed by atoms with Gasteiger partial charge in [0.15, 0.2) is 23.3 Å². The maximum atomic E-state index is 14.6. The van der Waals surface area contributed by atoms with Crippen molar-refractivity contribution in [3.63, 3.8) is 0 Å². The van der Waals surface area contributed by atoms with Crippen molar-refractivity contribution in [2.45, 2.75) is 138 Å². The second kappa shape index (κ2) is 22.7. The van der Waals surface area contributed by atoms with E-state index in [-0.39, 0.29) is 109 Å². The summed E-state index contributed by atoms with van der Waals surface area (Å²) < 4.78 is 139. The van der Waals surface area contributed by atoms with Gasteiger partial charge in [-0.2, -0.15) is 26.3 Å². The van der Waals surface area contributed by atoms with Crippen molar-refractivity contribution in [3.8, 4) is 0 Å². The van der Waals surface area contributed by atoms with Crippen LogP contribution < -0.4 is 10.6 Å². The molecule has 6 aliphatic heterocycles. The molecule has 0 unspecified atom stereocenters. The van der Waals surface area contributed by atoms with Gasteiger partial charge < -0.3 is 28.7 Å². The summed E-state index contributed by atoms with van der Waals surface area (Å²) in [6.45, 7) is 1.27. The zero-order valence-corrected chi connectivity index (χ0v) is 41.8. The molecule has 0 spiro atoms. The number of hydrogen-bond donors (Lipinski definition) is 2. The van der Waals surface area contributed by atoms with Gasteiger partial charge in [-0.15, -0.1) is 20.4 Å². The summed E-state index contributed by atoms with van der Waals surface area (Å²) in [6.07, 6.45) is -8.61. The SMILES string of the molecule is O=C1CN(C2CCN(C(=O)C[C@@H]3CC[C@@H](c4cccc(F)c4F)Cn4c(CC(F)(F)F)nnc43)CC2)C(=O)N1.O=C1CN(C2CCN(C(=O)C[C@H]3CC[C@H](c4cccc(F)c4F)Cn4c(CC(F)(F)F)nnc43)CC2)C(=O)N1. The van der Waals surface area contributed by atoms with Gasteiger partial charge in [-0.1, -0.05) is 24.3 Å². The van der Waals surface area contributed by atoms with Crippen molar-refractivity contribution in [1.29, 1.82) is 0 Å². The summed E-state index contributed by atoms with van der Waals surface area (Å²) in [5.74, 6) is -7.93. The third-order valence-corrected chi connectivity index (χ3v) is 15.5. The Hall–Kier alpha value is -7.16. The van der Waals surface area contributed by atoms with Gasteiger partial charge in [0.05, 0.1) is 0 Å². The predicted molar refractivity (Wildman–Crippen MR) is 251 cm³/mol. The molecule has 0 saturated carbocycles. The highest BCUT2D eigenvalue weighted by atomic mass is 19.4. The Morgan fingerprint density at radius 1 is 0.526 bits per heavy atom. The number of benzene rings is 2. The lowest BCUT2D eigenvalue weighted by Gasteiger charge is -2.36. The van der Waals surface area contributed by atoms with Crippen molar-refractivity contribution in [2.75, 3.05) is 39.3 Å². The van der Waals surface area contributed by atoms with Gasteiger partial charge in [0, 0.05) is 87.9 Å². The van der Waals surface area contributed by atoms with Crippen LogP contribution in [0.3, 0.4) is 0 Å². The highest BCUT2D eigenvalue weighted by Gasteiger charge is 2.41. The lowest BCUT2D eigenvalue weighted by molar-refractivity contribution is -0.134. The van der Waals surface area contributed by atoms with Crippen LogP contribution in [0.5, 0.6) is 0 Å². The zero-order chi connectivity index (χ0) is 55.8. The molecule has 2 aromatic heterocycles. The number of hydrogen-bond acceptors (Lipinski definition) is 10. The number of piperidine rings is 2. The van der Waals surface area contributed by atoms with Gasteiger partial charge in [0.1, 0.15) is 49.2 Å². The van der Waals surface area contributed by atoms with E-state index in [1.165, 1.54) is 43.2 Å². The average Bonchev–Trinajstić information content (AvgIpc) is 4.15. The number of fused-ring (bicyclic) bond motifs is 2. The minimum Gasteiger partial charge on any atom is -0.343 e. The number of aromatic nitrogens is 6. The van der Waals surface area contributed by atoms with Crippen LogP contribution in [0.15, 0.2) is 36.4 Å². The first kappa shape index (κ1) is 55.6. The fourth-order valence-electron chi connectivity index (χ4n) is 11.6. The molecule has 8 amide bonds. The van der Waals surface area contributed by atoms with Gasteiger partial charge in [-0.3, -0.25) is 29.8 Å². The summed E-state index contributed by atoms with van der Waals surface area (Å²) in [5, 5.41) is 20.0. The van der Waals surface area contributed by atoms with Gasteiger partial charge in [0.25, 0.3) is 0 Å². The molecule has 18 nitrogen and oxygen atoms in total. The number of carbonyl (C=O) groups is 6. The first-order valence-corrected chi connectivity index (χ1v) is 25.6. The van der Waals surface area contributed by atoms with Crippen molar-refractivity contribution < 1.29 is 72.7 Å². The molecule has 4 saturated heterocycles. The summed E-state index contributed by atoms with van der Waals surface area (Å²) in [7, 11) is 0. The van der Waals surface area contributed by atoms with Gasteiger partial charge in [-0.05, 0) is 74.6 Å². The second-order valence-electron chi connectivity index (χ2n) is 20.6. The Morgan fingerprint density at radius 2 is 0.897 bits per heavy atom. The van der Waals surface area contributed by atoms with Crippen LogP contribution in [0, 0.1) is 23.3 Å². The standard InChI is InChI=1S/2C25H27F5N6O3/c2*26-18-3-1-2-17(22(18)27)15-5-4-14(23-33-32-19(36(23)12-15)11-25(28,29)30)10-21(38)34-8-6-16(7-9-34)35-13-20(37)31-24(35)39/h2*1-3,14-16H,4-13H2,(H,31,37,39)/t2*14-,15+/m10/s1. The van der Waals surface area contributed by atoms with Crippen LogP contribution in [-0.2, 0) is 45.1 Å². The molecular formula is C50H54F10N12O6. The quantitative estimate of drug-likeness (QED) is 0.130. The predicted octanol–water partition coefficient (Wildman–Crippen LogP) is 6.51. The number of likely N-dealkylation sites (tertiary alicyclic amines) is 2. The van der Waals surface area contributed by atoms with E-state index < -0.39 is 84.2 Å². The molecule has 8 heterocycles. The fraction of sp³-hybridized carbons (Fsp3) is 0.560. The number of amides is 8. The Morgan fingerprint density at radius 3 is 1.23 bits per heavy atom. The van der Waals surface area contributed by atoms with E-state index in [0.29, 0.717) is 77.5 Å². The number of rotatable bonds is 10. The number of nitrogens with one attached hydrogen (secondary N) is 2. The van der Waals surface area contributed by atoms with Crippen molar-refractivity contribution >= 4 is 35.7 Å². The molecule has 0 radical (unpaired) electrons. The largest absolute Gasteiger partial charge is 0.396 e. The normalized spacial score (nSPS) is 22.6. The van der Waals surface area contributed by atoms with Gasteiger partial charge in [-0.25, -0.2) is 27.2 Å². The minimum atomic E-state index is -4.55. The molecule has 2 N–H and O–H groups in total. The van der Waals surface area contributed by atoms with Crippen molar-refractivity contribution in [3.05, 3.63) is 94.1 Å². The Labute approximate surface area is 438 Å². The lowest BCUT2D eigenvalue weighted by atomic mass is 9.89. The van der Waals surface area contributed by atoms with Gasteiger partial charge in [0.2, 0.25) is 23.6 Å². The van der Waals surface area contributed by atoms with E-state index in [9.17, 15) is 72.7 Å². The summed E-state index contributed by atoms with van der Waals surface area (Å²) in [5.41, 5.74) is 0.122. The number of carbonyl (C=O) groups excluding carboxylic acids is 6. The monoisotopic (exact) mass is 1110 g/mol.